The van der Waals surface area contributed by atoms with E-state index in [1.54, 1.807) is 22.9 Å². The zero-order valence-electron chi connectivity index (χ0n) is 22.1. The Balaban J connectivity index is 1.52. The minimum atomic E-state index is -2.42. The molecule has 216 valence electrons. The van der Waals surface area contributed by atoms with Crippen LogP contribution in [0.5, 0.6) is 0 Å². The number of rotatable bonds is 10. The standard InChI is InChI=1S/C29H24F2N4O4S3/c1-15-2-9-26(41-15)19-13-18(6-7-21(19)30)27-20(10-17-5-8-23(22(31)11-17)34-42(38)39)25(12-16-3-4-16)35(33-27)29-32-24(14-40-29)28(36)37/h2,5-9,11,13-14,16,34H,3-4,10,12H2,1H3,(H,36,37)(H,38,39). The van der Waals surface area contributed by atoms with Crippen LogP contribution in [0.15, 0.2) is 53.9 Å². The Morgan fingerprint density at radius 1 is 1.14 bits per heavy atom. The fourth-order valence-electron chi connectivity index (χ4n) is 4.82. The first-order valence-electron chi connectivity index (χ1n) is 13.0. The molecule has 6 rings (SSSR count). The number of aromatic nitrogens is 3. The van der Waals surface area contributed by atoms with Crippen LogP contribution in [0.25, 0.3) is 26.8 Å². The van der Waals surface area contributed by atoms with Gasteiger partial charge in [0.1, 0.15) is 11.6 Å². The lowest BCUT2D eigenvalue weighted by molar-refractivity contribution is 0.0691. The summed E-state index contributed by atoms with van der Waals surface area (Å²) in [4.78, 5) is 17.7. The lowest BCUT2D eigenvalue weighted by atomic mass is 9.95. The van der Waals surface area contributed by atoms with E-state index in [-0.39, 0.29) is 23.6 Å². The SMILES string of the molecule is Cc1ccc(-c2cc(-c3nn(-c4nc(C(=O)O)cs4)c(CC4CC4)c3Cc3ccc(NS(=O)O)c(F)c3)ccc2F)s1. The molecule has 0 spiro atoms. The number of halogens is 2. The Kier molecular flexibility index (Phi) is 7.75. The predicted molar refractivity (Wildman–Crippen MR) is 160 cm³/mol. The van der Waals surface area contributed by atoms with Crippen LogP contribution >= 0.6 is 22.7 Å². The summed E-state index contributed by atoms with van der Waals surface area (Å²) in [7, 11) is 0. The van der Waals surface area contributed by atoms with Crippen LogP contribution in [-0.2, 0) is 24.1 Å². The van der Waals surface area contributed by atoms with Gasteiger partial charge in [-0.3, -0.25) is 9.27 Å². The molecule has 5 aromatic rings. The van der Waals surface area contributed by atoms with E-state index in [0.29, 0.717) is 39.9 Å². The highest BCUT2D eigenvalue weighted by molar-refractivity contribution is 7.80. The molecule has 8 nitrogen and oxygen atoms in total. The molecule has 13 heteroatoms. The van der Waals surface area contributed by atoms with Gasteiger partial charge in [0.05, 0.1) is 17.1 Å². The average Bonchev–Trinajstić information content (AvgIpc) is 3.29. The Hall–Kier alpha value is -3.78. The highest BCUT2D eigenvalue weighted by Gasteiger charge is 2.29. The number of nitrogens with zero attached hydrogens (tertiary/aromatic N) is 3. The first-order valence-corrected chi connectivity index (χ1v) is 15.8. The number of anilines is 1. The normalized spacial score (nSPS) is 13.8. The molecule has 3 aromatic heterocycles. The number of aryl methyl sites for hydroxylation is 1. The smallest absolute Gasteiger partial charge is 0.355 e. The zero-order valence-corrected chi connectivity index (χ0v) is 24.6. The van der Waals surface area contributed by atoms with Crippen molar-refractivity contribution < 1.29 is 27.4 Å². The second kappa shape index (κ2) is 11.5. The lowest BCUT2D eigenvalue weighted by Crippen LogP contribution is -2.07. The van der Waals surface area contributed by atoms with Crippen molar-refractivity contribution in [1.29, 1.82) is 0 Å². The molecule has 0 bridgehead atoms. The van der Waals surface area contributed by atoms with Gasteiger partial charge in [-0.15, -0.1) is 22.7 Å². The van der Waals surface area contributed by atoms with Crippen molar-refractivity contribution in [3.63, 3.8) is 0 Å². The quantitative estimate of drug-likeness (QED) is 0.142. The minimum Gasteiger partial charge on any atom is -0.476 e. The predicted octanol–water partition coefficient (Wildman–Crippen LogP) is 7.10. The van der Waals surface area contributed by atoms with Crippen LogP contribution in [0.4, 0.5) is 14.5 Å². The molecular formula is C29H24F2N4O4S3. The summed E-state index contributed by atoms with van der Waals surface area (Å²) in [6.07, 6.45) is 3.01. The highest BCUT2D eigenvalue weighted by atomic mass is 32.2. The van der Waals surface area contributed by atoms with Crippen LogP contribution in [-0.4, -0.2) is 34.6 Å². The van der Waals surface area contributed by atoms with Crippen molar-refractivity contribution in [3.05, 3.63) is 92.9 Å². The molecule has 3 heterocycles. The maximum absolute atomic E-state index is 15.0. The Bertz CT molecular complexity index is 1840. The summed E-state index contributed by atoms with van der Waals surface area (Å²) < 4.78 is 54.0. The number of carboxylic acid groups (broad SMARTS) is 1. The second-order valence-corrected chi connectivity index (χ2v) is 12.9. The number of nitrogens with one attached hydrogen (secondary N) is 1. The molecule has 0 radical (unpaired) electrons. The number of hydrogen-bond acceptors (Lipinski definition) is 6. The topological polar surface area (TPSA) is 117 Å². The Morgan fingerprint density at radius 3 is 2.60 bits per heavy atom. The van der Waals surface area contributed by atoms with Gasteiger partial charge in [0.15, 0.2) is 5.69 Å². The van der Waals surface area contributed by atoms with Crippen LogP contribution in [0.2, 0.25) is 0 Å². The summed E-state index contributed by atoms with van der Waals surface area (Å²) in [5.41, 5.74) is 3.69. The molecule has 1 fully saturated rings. The second-order valence-electron chi connectivity index (χ2n) is 10.1. The molecule has 0 aliphatic heterocycles. The summed E-state index contributed by atoms with van der Waals surface area (Å²) in [5, 5.41) is 16.2. The number of aromatic carboxylic acids is 1. The van der Waals surface area contributed by atoms with E-state index in [1.807, 2.05) is 19.1 Å². The average molecular weight is 627 g/mol. The van der Waals surface area contributed by atoms with Gasteiger partial charge in [-0.05, 0) is 80.1 Å². The van der Waals surface area contributed by atoms with Crippen molar-refractivity contribution in [2.24, 2.45) is 5.92 Å². The molecule has 1 aliphatic carbocycles. The Labute approximate surface area is 250 Å². The Morgan fingerprint density at radius 2 is 1.95 bits per heavy atom. The monoisotopic (exact) mass is 626 g/mol. The maximum atomic E-state index is 15.0. The van der Waals surface area contributed by atoms with Crippen LogP contribution in [0, 0.1) is 24.5 Å². The minimum absolute atomic E-state index is 0.0884. The van der Waals surface area contributed by atoms with E-state index in [9.17, 15) is 18.5 Å². The van der Waals surface area contributed by atoms with Crippen molar-refractivity contribution in [1.82, 2.24) is 14.8 Å². The maximum Gasteiger partial charge on any atom is 0.355 e. The number of benzene rings is 2. The number of hydrogen-bond donors (Lipinski definition) is 3. The summed E-state index contributed by atoms with van der Waals surface area (Å²) in [5.74, 6) is -1.77. The van der Waals surface area contributed by atoms with Gasteiger partial charge < -0.3 is 5.11 Å². The van der Waals surface area contributed by atoms with Gasteiger partial charge in [0, 0.05) is 38.2 Å². The number of carbonyl (C=O) groups is 1. The molecule has 1 atom stereocenters. The van der Waals surface area contributed by atoms with Crippen molar-refractivity contribution in [3.8, 4) is 26.8 Å². The fraction of sp³-hybridized carbons (Fsp3) is 0.207. The van der Waals surface area contributed by atoms with Gasteiger partial charge in [0.2, 0.25) is 5.13 Å². The first kappa shape index (κ1) is 28.3. The van der Waals surface area contributed by atoms with Crippen molar-refractivity contribution in [2.45, 2.75) is 32.6 Å². The fourth-order valence-corrected chi connectivity index (χ4v) is 6.83. The van der Waals surface area contributed by atoms with E-state index in [1.165, 1.54) is 34.9 Å². The molecular weight excluding hydrogens is 603 g/mol. The molecule has 1 saturated carbocycles. The summed E-state index contributed by atoms with van der Waals surface area (Å²) >= 11 is 0.222. The number of carboxylic acids is 1. The van der Waals surface area contributed by atoms with Gasteiger partial charge in [-0.25, -0.2) is 27.5 Å². The van der Waals surface area contributed by atoms with E-state index in [4.69, 9.17) is 9.65 Å². The number of thiophene rings is 1. The molecule has 1 aliphatic rings. The third kappa shape index (κ3) is 5.91. The van der Waals surface area contributed by atoms with Crippen molar-refractivity contribution in [2.75, 3.05) is 4.72 Å². The van der Waals surface area contributed by atoms with Crippen LogP contribution < -0.4 is 4.72 Å². The summed E-state index contributed by atoms with van der Waals surface area (Å²) in [6, 6.07) is 13.0. The molecule has 2 aromatic carbocycles. The molecule has 1 unspecified atom stereocenters. The van der Waals surface area contributed by atoms with Gasteiger partial charge >= 0.3 is 5.97 Å². The third-order valence-electron chi connectivity index (χ3n) is 7.02. The lowest BCUT2D eigenvalue weighted by Gasteiger charge is -2.11. The first-order chi connectivity index (χ1) is 20.2. The third-order valence-corrected chi connectivity index (χ3v) is 9.26. The van der Waals surface area contributed by atoms with Gasteiger partial charge in [0.25, 0.3) is 11.3 Å². The largest absolute Gasteiger partial charge is 0.476 e. The van der Waals surface area contributed by atoms with Gasteiger partial charge in [-0.1, -0.05) is 6.07 Å². The highest BCUT2D eigenvalue weighted by Crippen LogP contribution is 2.40. The molecule has 0 amide bonds. The van der Waals surface area contributed by atoms with Gasteiger partial charge in [-0.2, -0.15) is 5.10 Å². The number of thiazole rings is 1. The zero-order chi connectivity index (χ0) is 29.5. The molecule has 0 saturated heterocycles. The van der Waals surface area contributed by atoms with E-state index >= 15 is 4.39 Å². The molecule has 3 N–H and O–H groups in total. The van der Waals surface area contributed by atoms with Crippen molar-refractivity contribution >= 4 is 45.6 Å². The van der Waals surface area contributed by atoms with E-state index in [2.05, 4.69) is 9.71 Å². The molecule has 42 heavy (non-hydrogen) atoms. The summed E-state index contributed by atoms with van der Waals surface area (Å²) in [6.45, 7) is 1.96. The van der Waals surface area contributed by atoms with Crippen LogP contribution in [0.1, 0.15) is 45.0 Å². The van der Waals surface area contributed by atoms with E-state index in [0.717, 1.165) is 45.2 Å². The van der Waals surface area contributed by atoms with Crippen LogP contribution in [0.3, 0.4) is 0 Å². The van der Waals surface area contributed by atoms with E-state index < -0.39 is 23.1 Å².